The molecule has 0 spiro atoms. The van der Waals surface area contributed by atoms with Crippen molar-refractivity contribution in [3.8, 4) is 0 Å². The highest BCUT2D eigenvalue weighted by molar-refractivity contribution is 5.09. The molecule has 4 heteroatoms. The number of fused-ring (bicyclic) bond motifs is 1. The molecular weight excluding hydrogens is 140 g/mol. The summed E-state index contributed by atoms with van der Waals surface area (Å²) in [5.74, 6) is 0.762. The van der Waals surface area contributed by atoms with Gasteiger partial charge in [0.1, 0.15) is 0 Å². The zero-order valence-corrected chi connectivity index (χ0v) is 6.65. The molecule has 2 heterocycles. The van der Waals surface area contributed by atoms with Gasteiger partial charge in [-0.15, -0.1) is 10.1 Å². The second kappa shape index (κ2) is 3.65. The van der Waals surface area contributed by atoms with E-state index in [1.54, 1.807) is 16.9 Å². The smallest absolute Gasteiger partial charge is 0.198 e. The highest BCUT2D eigenvalue weighted by atomic mass is 15.3. The number of hydrogen-bond acceptors (Lipinski definition) is 2. The molecule has 0 amide bonds. The molecule has 0 unspecified atom stereocenters. The summed E-state index contributed by atoms with van der Waals surface area (Å²) in [5.41, 5.74) is 0. The normalized spacial score (nSPS) is 8.91. The maximum absolute atomic E-state index is 3.99. The Morgan fingerprint density at radius 1 is 1.45 bits per heavy atom. The van der Waals surface area contributed by atoms with Crippen molar-refractivity contribution in [2.45, 2.75) is 13.8 Å². The van der Waals surface area contributed by atoms with Gasteiger partial charge in [0, 0.05) is 0 Å². The summed E-state index contributed by atoms with van der Waals surface area (Å²) in [4.78, 5) is 3.99. The van der Waals surface area contributed by atoms with Crippen LogP contribution in [0.3, 0.4) is 0 Å². The van der Waals surface area contributed by atoms with E-state index >= 15 is 0 Å². The second-order valence-electron chi connectivity index (χ2n) is 1.71. The van der Waals surface area contributed by atoms with Crippen LogP contribution < -0.4 is 4.40 Å². The fourth-order valence-electron chi connectivity index (χ4n) is 0.711. The summed E-state index contributed by atoms with van der Waals surface area (Å²) < 4.78 is 1.81. The lowest BCUT2D eigenvalue weighted by Gasteiger charge is -1.76. The Balaban J connectivity index is 0.000000281. The predicted molar refractivity (Wildman–Crippen MR) is 40.9 cm³/mol. The lowest BCUT2D eigenvalue weighted by Crippen LogP contribution is -2.17. The van der Waals surface area contributed by atoms with Gasteiger partial charge in [-0.25, -0.2) is 0 Å². The van der Waals surface area contributed by atoms with Crippen molar-refractivity contribution in [1.29, 1.82) is 0 Å². The number of rotatable bonds is 0. The van der Waals surface area contributed by atoms with E-state index in [1.165, 1.54) is 0 Å². The topological polar surface area (TPSA) is 45.7 Å². The standard InChI is InChI=1S/C5H4N4.C2H6/c1-2-6-5-8-7-4-9(5)3-1;1-2/h1-4H;1-2H3/p+1. The van der Waals surface area contributed by atoms with Gasteiger partial charge >= 0.3 is 5.78 Å². The number of H-pyrrole nitrogens is 1. The van der Waals surface area contributed by atoms with Gasteiger partial charge < -0.3 is 0 Å². The molecule has 4 nitrogen and oxygen atoms in total. The first-order valence-corrected chi connectivity index (χ1v) is 3.62. The number of nitrogens with one attached hydrogen (secondary N) is 1. The average Bonchev–Trinajstić information content (AvgIpc) is 2.55. The largest absolute Gasteiger partial charge is 0.383 e. The lowest BCUT2D eigenvalue weighted by molar-refractivity contribution is -0.514. The molecule has 0 radical (unpaired) electrons. The van der Waals surface area contributed by atoms with Gasteiger partial charge in [-0.3, -0.25) is 0 Å². The molecule has 0 aliphatic heterocycles. The van der Waals surface area contributed by atoms with Gasteiger partial charge in [0.05, 0.1) is 12.4 Å². The lowest BCUT2D eigenvalue weighted by atomic mass is 10.7. The Hall–Kier alpha value is -1.45. The summed E-state index contributed by atoms with van der Waals surface area (Å²) in [6.45, 7) is 4.00. The van der Waals surface area contributed by atoms with Crippen LogP contribution in [0.5, 0.6) is 0 Å². The van der Waals surface area contributed by atoms with E-state index in [2.05, 4.69) is 15.2 Å². The SMILES string of the molecule is CC.c1cnc2[nH]nc[n+]2c1. The van der Waals surface area contributed by atoms with Crippen LogP contribution in [0.25, 0.3) is 5.78 Å². The number of hydrogen-bond donors (Lipinski definition) is 1. The Morgan fingerprint density at radius 2 is 2.27 bits per heavy atom. The predicted octanol–water partition coefficient (Wildman–Crippen LogP) is 0.570. The first kappa shape index (κ1) is 7.65. The summed E-state index contributed by atoms with van der Waals surface area (Å²) in [7, 11) is 0. The van der Waals surface area contributed by atoms with Gasteiger partial charge in [-0.1, -0.05) is 13.8 Å². The van der Waals surface area contributed by atoms with Crippen molar-refractivity contribution < 1.29 is 4.40 Å². The highest BCUT2D eigenvalue weighted by Gasteiger charge is 1.97. The van der Waals surface area contributed by atoms with Crippen LogP contribution in [0, 0.1) is 0 Å². The maximum Gasteiger partial charge on any atom is 0.383 e. The molecule has 2 rings (SSSR count). The van der Waals surface area contributed by atoms with Crippen molar-refractivity contribution in [1.82, 2.24) is 15.2 Å². The second-order valence-corrected chi connectivity index (χ2v) is 1.71. The highest BCUT2D eigenvalue weighted by Crippen LogP contribution is 1.78. The fraction of sp³-hybridized carbons (Fsp3) is 0.286. The van der Waals surface area contributed by atoms with Crippen molar-refractivity contribution in [3.05, 3.63) is 24.8 Å². The molecule has 1 N–H and O–H groups in total. The van der Waals surface area contributed by atoms with Crippen LogP contribution in [0.4, 0.5) is 0 Å². The van der Waals surface area contributed by atoms with Crippen LogP contribution in [0.1, 0.15) is 13.8 Å². The molecule has 0 saturated carbocycles. The van der Waals surface area contributed by atoms with Crippen molar-refractivity contribution >= 4 is 5.78 Å². The van der Waals surface area contributed by atoms with E-state index in [9.17, 15) is 0 Å². The maximum atomic E-state index is 3.99. The molecule has 58 valence electrons. The average molecular weight is 151 g/mol. The van der Waals surface area contributed by atoms with Gasteiger partial charge in [0.15, 0.2) is 0 Å². The summed E-state index contributed by atoms with van der Waals surface area (Å²) in [5, 5.41) is 6.50. The van der Waals surface area contributed by atoms with Gasteiger partial charge in [-0.2, -0.15) is 4.40 Å². The molecule has 0 saturated heterocycles. The molecule has 0 bridgehead atoms. The van der Waals surface area contributed by atoms with Crippen LogP contribution in [0.2, 0.25) is 0 Å². The minimum Gasteiger partial charge on any atom is -0.198 e. The molecule has 0 aliphatic rings. The van der Waals surface area contributed by atoms with Crippen LogP contribution in [-0.4, -0.2) is 15.2 Å². The van der Waals surface area contributed by atoms with Gasteiger partial charge in [0.25, 0.3) is 0 Å². The van der Waals surface area contributed by atoms with Crippen LogP contribution in [-0.2, 0) is 0 Å². The van der Waals surface area contributed by atoms with E-state index in [0.717, 1.165) is 5.78 Å². The third-order valence-electron chi connectivity index (χ3n) is 1.12. The third kappa shape index (κ3) is 1.52. The van der Waals surface area contributed by atoms with Crippen molar-refractivity contribution in [3.63, 3.8) is 0 Å². The minimum atomic E-state index is 0.762. The van der Waals surface area contributed by atoms with Crippen LogP contribution >= 0.6 is 0 Å². The molecule has 11 heavy (non-hydrogen) atoms. The van der Waals surface area contributed by atoms with Gasteiger partial charge in [0.2, 0.25) is 6.33 Å². The third-order valence-corrected chi connectivity index (χ3v) is 1.12. The molecule has 0 fully saturated rings. The Labute approximate surface area is 64.9 Å². The molecule has 0 atom stereocenters. The van der Waals surface area contributed by atoms with E-state index in [4.69, 9.17) is 0 Å². The quantitative estimate of drug-likeness (QED) is 0.559. The molecule has 2 aromatic heterocycles. The summed E-state index contributed by atoms with van der Waals surface area (Å²) in [6, 6.07) is 1.85. The van der Waals surface area contributed by atoms with E-state index in [-0.39, 0.29) is 0 Å². The monoisotopic (exact) mass is 151 g/mol. The molecule has 0 aliphatic carbocycles. The van der Waals surface area contributed by atoms with Crippen molar-refractivity contribution in [2.75, 3.05) is 0 Å². The number of nitrogens with zero attached hydrogens (tertiary/aromatic N) is 3. The Kier molecular flexibility index (Phi) is 2.54. The van der Waals surface area contributed by atoms with E-state index < -0.39 is 0 Å². The zero-order chi connectivity index (χ0) is 8.10. The first-order chi connectivity index (χ1) is 5.47. The number of aromatic amines is 1. The van der Waals surface area contributed by atoms with Crippen LogP contribution in [0.15, 0.2) is 24.8 Å². The Bertz CT molecular complexity index is 284. The van der Waals surface area contributed by atoms with E-state index in [1.807, 2.05) is 26.1 Å². The van der Waals surface area contributed by atoms with Gasteiger partial charge in [-0.05, 0) is 11.2 Å². The molecular formula is C7H11N4+. The Morgan fingerprint density at radius 3 is 3.00 bits per heavy atom. The summed E-state index contributed by atoms with van der Waals surface area (Å²) >= 11 is 0. The first-order valence-electron chi connectivity index (χ1n) is 3.62. The fourth-order valence-corrected chi connectivity index (χ4v) is 0.711. The van der Waals surface area contributed by atoms with Crippen molar-refractivity contribution in [2.24, 2.45) is 0 Å². The zero-order valence-electron chi connectivity index (χ0n) is 6.65. The van der Waals surface area contributed by atoms with E-state index in [0.29, 0.717) is 0 Å². The molecule has 2 aromatic rings. The minimum absolute atomic E-state index is 0.762. The molecule has 0 aromatic carbocycles. The number of aromatic nitrogens is 4. The summed E-state index contributed by atoms with van der Waals surface area (Å²) in [6.07, 6.45) is 5.27.